The summed E-state index contributed by atoms with van der Waals surface area (Å²) in [6, 6.07) is 0.400. The fourth-order valence-corrected chi connectivity index (χ4v) is 0.871. The highest BCUT2D eigenvalue weighted by molar-refractivity contribution is 5.07. The van der Waals surface area contributed by atoms with Crippen LogP contribution in [-0.2, 0) is 0 Å². The highest BCUT2D eigenvalue weighted by Crippen LogP contribution is 2.07. The molecule has 58 valence electrons. The topological polar surface area (TPSA) is 12.0 Å². The monoisotopic (exact) mass is 139 g/mol. The summed E-state index contributed by atoms with van der Waals surface area (Å²) in [6.07, 6.45) is 0.992. The molecule has 1 heteroatoms. The molecule has 0 saturated carbocycles. The lowest BCUT2D eigenvalue weighted by Gasteiger charge is -2.15. The van der Waals surface area contributed by atoms with Crippen LogP contribution < -0.4 is 5.32 Å². The van der Waals surface area contributed by atoms with Crippen LogP contribution in [0.25, 0.3) is 0 Å². The van der Waals surface area contributed by atoms with E-state index in [1.165, 1.54) is 11.1 Å². The van der Waals surface area contributed by atoms with Crippen molar-refractivity contribution in [1.29, 1.82) is 0 Å². The molecule has 0 aliphatic rings. The lowest BCUT2D eigenvalue weighted by molar-refractivity contribution is 0.631. The number of hydrogen-bond donors (Lipinski definition) is 1. The predicted octanol–water partition coefficient (Wildman–Crippen LogP) is 2.12. The molecule has 0 saturated heterocycles. The molecule has 0 aliphatic heterocycles. The van der Waals surface area contributed by atoms with Crippen LogP contribution in [0.1, 0.15) is 20.3 Å². The van der Waals surface area contributed by atoms with Gasteiger partial charge in [-0.1, -0.05) is 17.7 Å². The Hall–Kier alpha value is -0.560. The summed E-state index contributed by atoms with van der Waals surface area (Å²) in [5.41, 5.74) is 2.37. The average Bonchev–Trinajstić information content (AvgIpc) is 1.81. The number of rotatable bonds is 4. The van der Waals surface area contributed by atoms with E-state index in [9.17, 15) is 0 Å². The molecular weight excluding hydrogens is 122 g/mol. The number of nitrogens with one attached hydrogen (secondary N) is 1. The molecule has 0 aromatic rings. The van der Waals surface area contributed by atoms with Crippen molar-refractivity contribution in [3.8, 4) is 0 Å². The van der Waals surface area contributed by atoms with Gasteiger partial charge in [0, 0.05) is 6.04 Å². The van der Waals surface area contributed by atoms with Crippen LogP contribution >= 0.6 is 0 Å². The summed E-state index contributed by atoms with van der Waals surface area (Å²) in [5.74, 6) is 0. The Morgan fingerprint density at radius 3 is 2.00 bits per heavy atom. The molecule has 10 heavy (non-hydrogen) atoms. The molecule has 0 radical (unpaired) electrons. The molecule has 0 heterocycles. The fraction of sp³-hybridized carbons (Fsp3) is 0.556. The second-order valence-corrected chi connectivity index (χ2v) is 2.85. The van der Waals surface area contributed by atoms with Crippen LogP contribution in [0.3, 0.4) is 0 Å². The molecule has 0 aliphatic carbocycles. The van der Waals surface area contributed by atoms with Gasteiger partial charge in [0.25, 0.3) is 0 Å². The Kier molecular flexibility index (Phi) is 4.05. The van der Waals surface area contributed by atoms with Crippen molar-refractivity contribution < 1.29 is 0 Å². The Labute approximate surface area is 63.8 Å². The standard InChI is InChI=1S/C9H17N/c1-7(2)6-9(10-5)8(3)4/h9-10H,1,3,6H2,2,4-5H3. The van der Waals surface area contributed by atoms with Gasteiger partial charge in [0.2, 0.25) is 0 Å². The molecular formula is C9H17N. The van der Waals surface area contributed by atoms with E-state index in [1.54, 1.807) is 0 Å². The van der Waals surface area contributed by atoms with Gasteiger partial charge >= 0.3 is 0 Å². The van der Waals surface area contributed by atoms with Gasteiger partial charge in [-0.15, -0.1) is 6.58 Å². The highest BCUT2D eigenvalue weighted by atomic mass is 14.9. The fourth-order valence-electron chi connectivity index (χ4n) is 0.871. The van der Waals surface area contributed by atoms with Crippen molar-refractivity contribution in [2.45, 2.75) is 26.3 Å². The maximum Gasteiger partial charge on any atom is 0.0308 e. The minimum Gasteiger partial charge on any atom is -0.313 e. The minimum atomic E-state index is 0.400. The largest absolute Gasteiger partial charge is 0.313 e. The second kappa shape index (κ2) is 4.29. The van der Waals surface area contributed by atoms with Crippen LogP contribution in [0.2, 0.25) is 0 Å². The van der Waals surface area contributed by atoms with Crippen LogP contribution in [0.5, 0.6) is 0 Å². The molecule has 0 amide bonds. The zero-order valence-corrected chi connectivity index (χ0v) is 7.20. The average molecular weight is 139 g/mol. The highest BCUT2D eigenvalue weighted by Gasteiger charge is 2.04. The van der Waals surface area contributed by atoms with Gasteiger partial charge < -0.3 is 5.32 Å². The van der Waals surface area contributed by atoms with E-state index in [0.717, 1.165) is 6.42 Å². The zero-order valence-electron chi connectivity index (χ0n) is 7.20. The number of hydrogen-bond acceptors (Lipinski definition) is 1. The van der Waals surface area contributed by atoms with E-state index in [2.05, 4.69) is 18.5 Å². The molecule has 1 unspecified atom stereocenters. The van der Waals surface area contributed by atoms with E-state index in [0.29, 0.717) is 6.04 Å². The van der Waals surface area contributed by atoms with Gasteiger partial charge in [0.05, 0.1) is 0 Å². The molecule has 0 spiro atoms. The van der Waals surface area contributed by atoms with E-state index in [4.69, 9.17) is 0 Å². The smallest absolute Gasteiger partial charge is 0.0308 e. The zero-order chi connectivity index (χ0) is 8.15. The van der Waals surface area contributed by atoms with Gasteiger partial charge in [0.15, 0.2) is 0 Å². The summed E-state index contributed by atoms with van der Waals surface area (Å²) in [7, 11) is 1.95. The Morgan fingerprint density at radius 2 is 1.90 bits per heavy atom. The molecule has 1 atom stereocenters. The first-order valence-corrected chi connectivity index (χ1v) is 3.55. The van der Waals surface area contributed by atoms with E-state index >= 15 is 0 Å². The summed E-state index contributed by atoms with van der Waals surface area (Å²) in [4.78, 5) is 0. The van der Waals surface area contributed by atoms with Gasteiger partial charge in [0.1, 0.15) is 0 Å². The molecule has 0 aromatic heterocycles. The lowest BCUT2D eigenvalue weighted by Crippen LogP contribution is -2.25. The third-order valence-electron chi connectivity index (χ3n) is 1.50. The van der Waals surface area contributed by atoms with Crippen LogP contribution in [-0.4, -0.2) is 13.1 Å². The van der Waals surface area contributed by atoms with Crippen molar-refractivity contribution in [1.82, 2.24) is 5.32 Å². The molecule has 0 aromatic carbocycles. The summed E-state index contributed by atoms with van der Waals surface area (Å²) in [5, 5.41) is 3.17. The molecule has 1 N–H and O–H groups in total. The van der Waals surface area contributed by atoms with Gasteiger partial charge in [-0.25, -0.2) is 0 Å². The van der Waals surface area contributed by atoms with E-state index < -0.39 is 0 Å². The third kappa shape index (κ3) is 3.46. The Morgan fingerprint density at radius 1 is 1.40 bits per heavy atom. The number of likely N-dealkylation sites (N-methyl/N-ethyl adjacent to an activating group) is 1. The second-order valence-electron chi connectivity index (χ2n) is 2.85. The molecule has 1 nitrogen and oxygen atoms in total. The molecule has 0 bridgehead atoms. The maximum atomic E-state index is 3.88. The van der Waals surface area contributed by atoms with Crippen LogP contribution in [0.15, 0.2) is 24.3 Å². The normalized spacial score (nSPS) is 12.7. The van der Waals surface area contributed by atoms with Crippen LogP contribution in [0.4, 0.5) is 0 Å². The predicted molar refractivity (Wildman–Crippen MR) is 47.1 cm³/mol. The van der Waals surface area contributed by atoms with Crippen molar-refractivity contribution in [3.63, 3.8) is 0 Å². The summed E-state index contributed by atoms with van der Waals surface area (Å²) in [6.45, 7) is 11.8. The minimum absolute atomic E-state index is 0.400. The Bertz CT molecular complexity index is 136. The van der Waals surface area contributed by atoms with E-state index in [-0.39, 0.29) is 0 Å². The molecule has 0 fully saturated rings. The quantitative estimate of drug-likeness (QED) is 0.588. The first-order valence-electron chi connectivity index (χ1n) is 3.55. The van der Waals surface area contributed by atoms with Crippen molar-refractivity contribution >= 4 is 0 Å². The Balaban J connectivity index is 3.83. The van der Waals surface area contributed by atoms with E-state index in [1.807, 2.05) is 20.9 Å². The first-order chi connectivity index (χ1) is 4.57. The SMILES string of the molecule is C=C(C)CC(NC)C(=C)C. The van der Waals surface area contributed by atoms with Crippen molar-refractivity contribution in [2.75, 3.05) is 7.05 Å². The van der Waals surface area contributed by atoms with Crippen molar-refractivity contribution in [3.05, 3.63) is 24.3 Å². The van der Waals surface area contributed by atoms with Gasteiger partial charge in [-0.05, 0) is 27.3 Å². The van der Waals surface area contributed by atoms with Gasteiger partial charge in [-0.3, -0.25) is 0 Å². The van der Waals surface area contributed by atoms with Gasteiger partial charge in [-0.2, -0.15) is 0 Å². The van der Waals surface area contributed by atoms with Crippen molar-refractivity contribution in [2.24, 2.45) is 0 Å². The summed E-state index contributed by atoms with van der Waals surface area (Å²) >= 11 is 0. The maximum absolute atomic E-state index is 3.88. The lowest BCUT2D eigenvalue weighted by atomic mass is 10.0. The third-order valence-corrected chi connectivity index (χ3v) is 1.50. The van der Waals surface area contributed by atoms with Crippen LogP contribution in [0, 0.1) is 0 Å². The molecule has 0 rings (SSSR count). The first kappa shape index (κ1) is 9.44. The summed E-state index contributed by atoms with van der Waals surface area (Å²) < 4.78 is 0.